The molecule has 1 aliphatic carbocycles. The Labute approximate surface area is 231 Å². The summed E-state index contributed by atoms with van der Waals surface area (Å²) in [6.07, 6.45) is 12.0. The van der Waals surface area contributed by atoms with Gasteiger partial charge in [-0.25, -0.2) is 8.42 Å². The van der Waals surface area contributed by atoms with Gasteiger partial charge in [0.05, 0.1) is 18.3 Å². The van der Waals surface area contributed by atoms with E-state index in [0.717, 1.165) is 6.42 Å². The number of rotatable bonds is 8. The molecule has 0 radical (unpaired) electrons. The molecular weight excluding hydrogens is 516 g/mol. The summed E-state index contributed by atoms with van der Waals surface area (Å²) in [6, 6.07) is 3.73. The van der Waals surface area contributed by atoms with Gasteiger partial charge in [-0.3, -0.25) is 19.4 Å². The van der Waals surface area contributed by atoms with E-state index in [2.05, 4.69) is 23.2 Å². The van der Waals surface area contributed by atoms with Crippen LogP contribution in [0.2, 0.25) is 0 Å². The van der Waals surface area contributed by atoms with Crippen LogP contribution in [0.15, 0.2) is 48.7 Å². The van der Waals surface area contributed by atoms with Crippen molar-refractivity contribution in [2.75, 3.05) is 26.2 Å². The van der Waals surface area contributed by atoms with Gasteiger partial charge in [-0.2, -0.15) is 4.31 Å². The standard InChI is InChI=1S/C29H38N4O5S/c1-20(2)15-23(16-27(35)31-13-10-21-7-3-4-8-22(21)17-31)29(36)32-14-11-25-28(32)26(34)18-33(25)39(37,38)19-24-9-5-6-12-30-24/h3-9,12,20-23,25,28H,10-11,13-19H2,1-2H3. The number of hydrogen-bond donors (Lipinski definition) is 0. The number of nitrogens with zero attached hydrogens (tertiary/aromatic N) is 4. The Morgan fingerprint density at radius 3 is 2.56 bits per heavy atom. The predicted molar refractivity (Wildman–Crippen MR) is 146 cm³/mol. The molecule has 4 heterocycles. The van der Waals surface area contributed by atoms with E-state index in [9.17, 15) is 22.8 Å². The van der Waals surface area contributed by atoms with E-state index >= 15 is 0 Å². The van der Waals surface area contributed by atoms with Crippen LogP contribution in [0.25, 0.3) is 0 Å². The Morgan fingerprint density at radius 1 is 1.08 bits per heavy atom. The molecule has 3 saturated heterocycles. The number of ketones is 1. The van der Waals surface area contributed by atoms with Crippen molar-refractivity contribution < 1.29 is 22.8 Å². The second-order valence-electron chi connectivity index (χ2n) is 11.7. The van der Waals surface area contributed by atoms with E-state index in [1.54, 1.807) is 29.3 Å². The lowest BCUT2D eigenvalue weighted by Crippen LogP contribution is -2.48. The quantitative estimate of drug-likeness (QED) is 0.489. The highest BCUT2D eigenvalue weighted by Crippen LogP contribution is 2.35. The fourth-order valence-electron chi connectivity index (χ4n) is 6.63. The van der Waals surface area contributed by atoms with Crippen molar-refractivity contribution in [1.82, 2.24) is 19.1 Å². The molecule has 0 N–H and O–H groups in total. The van der Waals surface area contributed by atoms with Crippen LogP contribution < -0.4 is 0 Å². The molecule has 0 aromatic carbocycles. The van der Waals surface area contributed by atoms with Crippen LogP contribution in [0.4, 0.5) is 0 Å². The molecule has 9 nitrogen and oxygen atoms in total. The van der Waals surface area contributed by atoms with E-state index in [4.69, 9.17) is 0 Å². The van der Waals surface area contributed by atoms with Crippen molar-refractivity contribution >= 4 is 27.6 Å². The number of carbonyl (C=O) groups excluding carboxylic acids is 3. The summed E-state index contributed by atoms with van der Waals surface area (Å²) < 4.78 is 27.7. The predicted octanol–water partition coefficient (Wildman–Crippen LogP) is 2.41. The summed E-state index contributed by atoms with van der Waals surface area (Å²) in [6.45, 7) is 5.45. The highest BCUT2D eigenvalue weighted by Gasteiger charge is 2.54. The van der Waals surface area contributed by atoms with Crippen LogP contribution in [0.1, 0.15) is 45.2 Å². The van der Waals surface area contributed by atoms with E-state index in [1.807, 2.05) is 24.8 Å². The number of carbonyl (C=O) groups is 3. The molecule has 5 atom stereocenters. The van der Waals surface area contributed by atoms with Crippen molar-refractivity contribution in [2.45, 2.75) is 57.4 Å². The van der Waals surface area contributed by atoms with Crippen molar-refractivity contribution in [3.05, 3.63) is 54.4 Å². The maximum absolute atomic E-state index is 13.9. The smallest absolute Gasteiger partial charge is 0.226 e. The summed E-state index contributed by atoms with van der Waals surface area (Å²) in [7, 11) is -3.79. The number of sulfonamides is 1. The molecule has 1 aromatic rings. The van der Waals surface area contributed by atoms with E-state index in [-0.39, 0.29) is 42.2 Å². The van der Waals surface area contributed by atoms with Gasteiger partial charge in [0.1, 0.15) is 11.8 Å². The number of Topliss-reactive ketones (excluding diaryl/α,β-unsaturated/α-hetero) is 1. The zero-order valence-corrected chi connectivity index (χ0v) is 23.5. The van der Waals surface area contributed by atoms with Gasteiger partial charge in [-0.05, 0) is 43.2 Å². The zero-order chi connectivity index (χ0) is 27.7. The third kappa shape index (κ3) is 5.87. The number of pyridine rings is 1. The van der Waals surface area contributed by atoms with Crippen LogP contribution in [0.5, 0.6) is 0 Å². The summed E-state index contributed by atoms with van der Waals surface area (Å²) in [5.74, 6) is -0.365. The van der Waals surface area contributed by atoms with Crippen molar-refractivity contribution in [3.8, 4) is 0 Å². The van der Waals surface area contributed by atoms with E-state index in [1.165, 1.54) is 4.31 Å². The molecule has 4 aliphatic rings. The van der Waals surface area contributed by atoms with Crippen molar-refractivity contribution in [2.24, 2.45) is 23.7 Å². The highest BCUT2D eigenvalue weighted by atomic mass is 32.2. The number of hydrogen-bond acceptors (Lipinski definition) is 6. The zero-order valence-electron chi connectivity index (χ0n) is 22.7. The molecule has 5 rings (SSSR count). The second-order valence-corrected chi connectivity index (χ2v) is 13.6. The normalized spacial score (nSPS) is 27.6. The third-order valence-corrected chi connectivity index (χ3v) is 10.3. The first-order chi connectivity index (χ1) is 18.6. The minimum absolute atomic E-state index is 0.0246. The largest absolute Gasteiger partial charge is 0.342 e. The maximum Gasteiger partial charge on any atom is 0.226 e. The van der Waals surface area contributed by atoms with Gasteiger partial charge in [0.25, 0.3) is 0 Å². The van der Waals surface area contributed by atoms with Gasteiger partial charge in [-0.15, -0.1) is 0 Å². The molecule has 1 aromatic heterocycles. The molecule has 0 bridgehead atoms. The number of allylic oxidation sites excluding steroid dienone is 3. The first-order valence-electron chi connectivity index (χ1n) is 14.0. The summed E-state index contributed by atoms with van der Waals surface area (Å²) in [5, 5.41) is 0. The first-order valence-corrected chi connectivity index (χ1v) is 15.6. The van der Waals surface area contributed by atoms with Gasteiger partial charge in [0, 0.05) is 44.1 Å². The number of aromatic nitrogens is 1. The lowest BCUT2D eigenvalue weighted by Gasteiger charge is -2.38. The van der Waals surface area contributed by atoms with Crippen LogP contribution in [-0.2, 0) is 30.2 Å². The molecule has 0 spiro atoms. The van der Waals surface area contributed by atoms with Crippen LogP contribution in [-0.4, -0.2) is 83.4 Å². The second kappa shape index (κ2) is 11.3. The fraction of sp³-hybridized carbons (Fsp3) is 0.586. The molecule has 0 saturated carbocycles. The Kier molecular flexibility index (Phi) is 8.05. The molecular formula is C29H38N4O5S. The Hall–Kier alpha value is -2.85. The molecule has 3 aliphatic heterocycles. The minimum Gasteiger partial charge on any atom is -0.342 e. The van der Waals surface area contributed by atoms with Crippen molar-refractivity contribution in [1.29, 1.82) is 0 Å². The van der Waals surface area contributed by atoms with Gasteiger partial charge in [0.15, 0.2) is 5.78 Å². The molecule has 39 heavy (non-hydrogen) atoms. The highest BCUT2D eigenvalue weighted by molar-refractivity contribution is 7.88. The fourth-order valence-corrected chi connectivity index (χ4v) is 8.30. The number of fused-ring (bicyclic) bond motifs is 2. The average Bonchev–Trinajstić information content (AvgIpc) is 3.49. The van der Waals surface area contributed by atoms with E-state index in [0.29, 0.717) is 50.0 Å². The van der Waals surface area contributed by atoms with Gasteiger partial charge >= 0.3 is 0 Å². The molecule has 5 unspecified atom stereocenters. The lowest BCUT2D eigenvalue weighted by atomic mass is 9.82. The third-order valence-electron chi connectivity index (χ3n) is 8.49. The van der Waals surface area contributed by atoms with Gasteiger partial charge in [0.2, 0.25) is 21.8 Å². The topological polar surface area (TPSA) is 108 Å². The molecule has 3 fully saturated rings. The first kappa shape index (κ1) is 27.7. The minimum atomic E-state index is -3.79. The van der Waals surface area contributed by atoms with E-state index < -0.39 is 28.0 Å². The van der Waals surface area contributed by atoms with Gasteiger partial charge < -0.3 is 9.80 Å². The Balaban J connectivity index is 1.27. The molecule has 210 valence electrons. The SMILES string of the molecule is CC(C)CC(CC(=O)N1CCC2C=CC=CC2C1)C(=O)N1CCC2C1C(=O)CN2S(=O)(=O)Cc1ccccn1. The maximum atomic E-state index is 13.9. The lowest BCUT2D eigenvalue weighted by molar-refractivity contribution is -0.144. The number of piperidine rings is 1. The average molecular weight is 555 g/mol. The number of amides is 2. The van der Waals surface area contributed by atoms with Crippen LogP contribution in [0.3, 0.4) is 0 Å². The van der Waals surface area contributed by atoms with Crippen LogP contribution >= 0.6 is 0 Å². The summed E-state index contributed by atoms with van der Waals surface area (Å²) in [5.41, 5.74) is 0.415. The molecule has 10 heteroatoms. The molecule has 2 amide bonds. The summed E-state index contributed by atoms with van der Waals surface area (Å²) in [4.78, 5) is 47.9. The monoisotopic (exact) mass is 554 g/mol. The number of likely N-dealkylation sites (tertiary alicyclic amines) is 2. The Morgan fingerprint density at radius 2 is 1.85 bits per heavy atom. The van der Waals surface area contributed by atoms with Crippen LogP contribution in [0, 0.1) is 23.7 Å². The Bertz CT molecular complexity index is 1260. The van der Waals surface area contributed by atoms with Gasteiger partial charge in [-0.1, -0.05) is 44.2 Å². The van der Waals surface area contributed by atoms with Crippen molar-refractivity contribution in [3.63, 3.8) is 0 Å². The summed E-state index contributed by atoms with van der Waals surface area (Å²) >= 11 is 0.